The summed E-state index contributed by atoms with van der Waals surface area (Å²) in [6.07, 6.45) is 4.18. The van der Waals surface area contributed by atoms with Crippen molar-refractivity contribution < 1.29 is 19.5 Å². The first kappa shape index (κ1) is 17.5. The van der Waals surface area contributed by atoms with Gasteiger partial charge in [-0.05, 0) is 32.1 Å². The van der Waals surface area contributed by atoms with Crippen LogP contribution >= 0.6 is 0 Å². The van der Waals surface area contributed by atoms with Crippen LogP contribution in [-0.2, 0) is 14.4 Å². The van der Waals surface area contributed by atoms with Crippen molar-refractivity contribution in [3.8, 4) is 0 Å². The number of carbonyl (C=O) groups is 3. The number of nitrogens with zero attached hydrogens (tertiary/aromatic N) is 1. The highest BCUT2D eigenvalue weighted by molar-refractivity contribution is 5.81. The number of aliphatic carboxylic acids is 1. The molecule has 0 bridgehead atoms. The van der Waals surface area contributed by atoms with Crippen molar-refractivity contribution in [2.75, 3.05) is 19.6 Å². The zero-order chi connectivity index (χ0) is 15.7. The molecule has 1 atom stereocenters. The molecule has 1 aliphatic heterocycles. The summed E-state index contributed by atoms with van der Waals surface area (Å²) in [4.78, 5) is 36.2. The largest absolute Gasteiger partial charge is 0.481 e. The fourth-order valence-electron chi connectivity index (χ4n) is 2.52. The van der Waals surface area contributed by atoms with Crippen molar-refractivity contribution in [2.24, 2.45) is 5.92 Å². The second kappa shape index (κ2) is 9.37. The molecule has 2 amide bonds. The molecule has 0 aromatic carbocycles. The zero-order valence-corrected chi connectivity index (χ0v) is 12.8. The molecule has 1 saturated heterocycles. The Morgan fingerprint density at radius 1 is 1.24 bits per heavy atom. The predicted octanol–water partition coefficient (Wildman–Crippen LogP) is 1.40. The van der Waals surface area contributed by atoms with E-state index in [-0.39, 0.29) is 24.2 Å². The maximum Gasteiger partial charge on any atom is 0.303 e. The van der Waals surface area contributed by atoms with Gasteiger partial charge in [-0.1, -0.05) is 6.92 Å². The number of amides is 2. The van der Waals surface area contributed by atoms with E-state index in [0.29, 0.717) is 38.9 Å². The van der Waals surface area contributed by atoms with Crippen LogP contribution in [-0.4, -0.2) is 47.4 Å². The minimum atomic E-state index is -0.826. The van der Waals surface area contributed by atoms with Crippen LogP contribution in [0.2, 0.25) is 0 Å². The third-order valence-corrected chi connectivity index (χ3v) is 3.73. The molecule has 1 unspecified atom stereocenters. The van der Waals surface area contributed by atoms with E-state index in [2.05, 4.69) is 5.32 Å². The van der Waals surface area contributed by atoms with Crippen LogP contribution < -0.4 is 5.32 Å². The molecule has 21 heavy (non-hydrogen) atoms. The van der Waals surface area contributed by atoms with Gasteiger partial charge in [-0.2, -0.15) is 0 Å². The van der Waals surface area contributed by atoms with Gasteiger partial charge in [-0.25, -0.2) is 0 Å². The smallest absolute Gasteiger partial charge is 0.303 e. The molecule has 0 radical (unpaired) electrons. The van der Waals surface area contributed by atoms with E-state index in [1.165, 1.54) is 0 Å². The molecule has 6 nitrogen and oxygen atoms in total. The van der Waals surface area contributed by atoms with Crippen LogP contribution in [0.25, 0.3) is 0 Å². The fourth-order valence-corrected chi connectivity index (χ4v) is 2.52. The van der Waals surface area contributed by atoms with Crippen molar-refractivity contribution in [1.82, 2.24) is 10.2 Å². The summed E-state index contributed by atoms with van der Waals surface area (Å²) in [6.45, 7) is 3.88. The van der Waals surface area contributed by atoms with Gasteiger partial charge >= 0.3 is 5.97 Å². The average Bonchev–Trinajstić information content (AvgIpc) is 2.48. The van der Waals surface area contributed by atoms with Crippen molar-refractivity contribution in [1.29, 1.82) is 0 Å². The van der Waals surface area contributed by atoms with Gasteiger partial charge in [0.2, 0.25) is 11.8 Å². The first-order chi connectivity index (χ1) is 10.0. The number of nitrogens with one attached hydrogen (secondary N) is 1. The summed E-state index contributed by atoms with van der Waals surface area (Å²) in [5, 5.41) is 11.4. The Kier molecular flexibility index (Phi) is 7.79. The lowest BCUT2D eigenvalue weighted by molar-refractivity contribution is -0.138. The van der Waals surface area contributed by atoms with Crippen molar-refractivity contribution in [3.05, 3.63) is 0 Å². The van der Waals surface area contributed by atoms with Crippen LogP contribution in [0.15, 0.2) is 0 Å². The van der Waals surface area contributed by atoms with E-state index < -0.39 is 5.97 Å². The van der Waals surface area contributed by atoms with Crippen LogP contribution in [0.3, 0.4) is 0 Å². The standard InChI is InChI=1S/C15H26N2O4/c1-2-9-16-15(21)12-6-5-10-17(11-12)13(18)7-3-4-8-14(19)20/h12H,2-11H2,1H3,(H,16,21)(H,19,20). The third kappa shape index (κ3) is 6.60. The molecular formula is C15H26N2O4. The van der Waals surface area contributed by atoms with E-state index in [1.807, 2.05) is 6.92 Å². The highest BCUT2D eigenvalue weighted by Gasteiger charge is 2.27. The molecule has 1 fully saturated rings. The van der Waals surface area contributed by atoms with Gasteiger partial charge in [0.1, 0.15) is 0 Å². The number of likely N-dealkylation sites (tertiary alicyclic amines) is 1. The summed E-state index contributed by atoms with van der Waals surface area (Å²) >= 11 is 0. The Hall–Kier alpha value is -1.59. The SMILES string of the molecule is CCCNC(=O)C1CCCN(C(=O)CCCCC(=O)O)C1. The lowest BCUT2D eigenvalue weighted by atomic mass is 9.96. The first-order valence-electron chi connectivity index (χ1n) is 7.81. The van der Waals surface area contributed by atoms with Gasteiger partial charge in [-0.3, -0.25) is 14.4 Å². The Morgan fingerprint density at radius 3 is 2.62 bits per heavy atom. The second-order valence-corrected chi connectivity index (χ2v) is 5.57. The highest BCUT2D eigenvalue weighted by atomic mass is 16.4. The molecule has 1 aliphatic rings. The predicted molar refractivity (Wildman–Crippen MR) is 78.7 cm³/mol. The number of hydrogen-bond donors (Lipinski definition) is 2. The number of unbranched alkanes of at least 4 members (excludes halogenated alkanes) is 1. The number of carboxylic acid groups (broad SMARTS) is 1. The molecule has 1 heterocycles. The van der Waals surface area contributed by atoms with Gasteiger partial charge in [0.05, 0.1) is 5.92 Å². The molecule has 1 rings (SSSR count). The number of piperidine rings is 1. The van der Waals surface area contributed by atoms with Crippen molar-refractivity contribution in [2.45, 2.75) is 51.9 Å². The molecule has 0 spiro atoms. The van der Waals surface area contributed by atoms with Crippen LogP contribution in [0.4, 0.5) is 0 Å². The molecule has 120 valence electrons. The van der Waals surface area contributed by atoms with E-state index in [9.17, 15) is 14.4 Å². The van der Waals surface area contributed by atoms with E-state index in [4.69, 9.17) is 5.11 Å². The second-order valence-electron chi connectivity index (χ2n) is 5.57. The number of hydrogen-bond acceptors (Lipinski definition) is 3. The molecular weight excluding hydrogens is 272 g/mol. The highest BCUT2D eigenvalue weighted by Crippen LogP contribution is 2.18. The van der Waals surface area contributed by atoms with Gasteiger partial charge in [0.25, 0.3) is 0 Å². The van der Waals surface area contributed by atoms with E-state index in [0.717, 1.165) is 19.3 Å². The fraction of sp³-hybridized carbons (Fsp3) is 0.800. The molecule has 0 saturated carbocycles. The molecule has 0 aliphatic carbocycles. The van der Waals surface area contributed by atoms with Crippen LogP contribution in [0, 0.1) is 5.92 Å². The zero-order valence-electron chi connectivity index (χ0n) is 12.8. The number of rotatable bonds is 8. The maximum absolute atomic E-state index is 12.1. The van der Waals surface area contributed by atoms with E-state index in [1.54, 1.807) is 4.90 Å². The summed E-state index contributed by atoms with van der Waals surface area (Å²) in [7, 11) is 0. The van der Waals surface area contributed by atoms with Crippen molar-refractivity contribution >= 4 is 17.8 Å². The Morgan fingerprint density at radius 2 is 1.95 bits per heavy atom. The third-order valence-electron chi connectivity index (χ3n) is 3.73. The van der Waals surface area contributed by atoms with Gasteiger partial charge in [0.15, 0.2) is 0 Å². The summed E-state index contributed by atoms with van der Waals surface area (Å²) in [6, 6.07) is 0. The van der Waals surface area contributed by atoms with Gasteiger partial charge in [-0.15, -0.1) is 0 Å². The lowest BCUT2D eigenvalue weighted by Crippen LogP contribution is -2.45. The monoisotopic (exact) mass is 298 g/mol. The van der Waals surface area contributed by atoms with Gasteiger partial charge < -0.3 is 15.3 Å². The van der Waals surface area contributed by atoms with Crippen LogP contribution in [0.1, 0.15) is 51.9 Å². The average molecular weight is 298 g/mol. The maximum atomic E-state index is 12.1. The summed E-state index contributed by atoms with van der Waals surface area (Å²) in [5.74, 6) is -0.852. The topological polar surface area (TPSA) is 86.7 Å². The summed E-state index contributed by atoms with van der Waals surface area (Å²) < 4.78 is 0. The van der Waals surface area contributed by atoms with Gasteiger partial charge in [0, 0.05) is 32.5 Å². The minimum Gasteiger partial charge on any atom is -0.481 e. The minimum absolute atomic E-state index is 0.0355. The van der Waals surface area contributed by atoms with E-state index >= 15 is 0 Å². The molecule has 0 aromatic rings. The normalized spacial score (nSPS) is 18.3. The lowest BCUT2D eigenvalue weighted by Gasteiger charge is -2.32. The summed E-state index contributed by atoms with van der Waals surface area (Å²) in [5.41, 5.74) is 0. The number of carboxylic acids is 1. The Bertz CT molecular complexity index is 371. The van der Waals surface area contributed by atoms with Crippen LogP contribution in [0.5, 0.6) is 0 Å². The molecule has 2 N–H and O–H groups in total. The molecule has 6 heteroatoms. The first-order valence-corrected chi connectivity index (χ1v) is 7.81. The number of carbonyl (C=O) groups excluding carboxylic acids is 2. The Labute approximate surface area is 125 Å². The Balaban J connectivity index is 2.32. The van der Waals surface area contributed by atoms with Crippen molar-refractivity contribution in [3.63, 3.8) is 0 Å². The molecule has 0 aromatic heterocycles. The quantitative estimate of drug-likeness (QED) is 0.663.